The molecule has 1 heterocycles. The molecule has 0 bridgehead atoms. The Bertz CT molecular complexity index is 711. The van der Waals surface area contributed by atoms with E-state index in [-0.39, 0.29) is 24.0 Å². The van der Waals surface area contributed by atoms with Gasteiger partial charge in [-0.1, -0.05) is 0 Å². The number of hydrogen-bond acceptors (Lipinski definition) is 5. The quantitative estimate of drug-likeness (QED) is 0.212. The lowest BCUT2D eigenvalue weighted by atomic mass is 10.2. The summed E-state index contributed by atoms with van der Waals surface area (Å²) in [6, 6.07) is 11.2. The van der Waals surface area contributed by atoms with Crippen molar-refractivity contribution in [3.8, 4) is 17.4 Å². The molecule has 3 N–H and O–H groups in total. The average Bonchev–Trinajstić information content (AvgIpc) is 2.68. The fourth-order valence-electron chi connectivity index (χ4n) is 2.26. The molecule has 0 unspecified atom stereocenters. The molecule has 0 fully saturated rings. The number of ether oxygens (including phenoxy) is 3. The van der Waals surface area contributed by atoms with Crippen LogP contribution in [0.2, 0.25) is 0 Å². The fraction of sp³-hybridized carbons (Fsp3) is 0.400. The number of benzene rings is 1. The van der Waals surface area contributed by atoms with E-state index in [1.165, 1.54) is 0 Å². The molecule has 0 radical (unpaired) electrons. The number of aromatic nitrogens is 1. The lowest BCUT2D eigenvalue weighted by Crippen LogP contribution is -2.32. The van der Waals surface area contributed by atoms with Crippen LogP contribution < -0.4 is 20.5 Å². The molecule has 2 aromatic rings. The first-order chi connectivity index (χ1) is 13.2. The Morgan fingerprint density at radius 2 is 1.86 bits per heavy atom. The van der Waals surface area contributed by atoms with Gasteiger partial charge in [-0.25, -0.2) is 9.98 Å². The van der Waals surface area contributed by atoms with Crippen LogP contribution in [0.1, 0.15) is 25.8 Å². The second-order valence-electron chi connectivity index (χ2n) is 5.69. The van der Waals surface area contributed by atoms with Crippen molar-refractivity contribution in [1.29, 1.82) is 0 Å². The monoisotopic (exact) mass is 500 g/mol. The lowest BCUT2D eigenvalue weighted by Gasteiger charge is -2.08. The number of hydrogen-bond donors (Lipinski definition) is 2. The van der Waals surface area contributed by atoms with Gasteiger partial charge in [0.05, 0.1) is 13.2 Å². The van der Waals surface area contributed by atoms with Crippen molar-refractivity contribution in [2.24, 2.45) is 10.7 Å². The van der Waals surface area contributed by atoms with Crippen LogP contribution in [0, 0.1) is 0 Å². The van der Waals surface area contributed by atoms with Gasteiger partial charge in [-0.3, -0.25) is 0 Å². The molecule has 0 aliphatic heterocycles. The maximum Gasteiger partial charge on any atom is 0.219 e. The summed E-state index contributed by atoms with van der Waals surface area (Å²) in [5.41, 5.74) is 6.84. The summed E-state index contributed by atoms with van der Waals surface area (Å²) in [5, 5.41) is 3.07. The molecule has 0 spiro atoms. The zero-order chi connectivity index (χ0) is 19.3. The number of nitrogens with zero attached hydrogens (tertiary/aromatic N) is 2. The highest BCUT2D eigenvalue weighted by Crippen LogP contribution is 2.23. The maximum absolute atomic E-state index is 5.88. The molecule has 7 nitrogen and oxygen atoms in total. The standard InChI is InChI=1S/C20H28N4O3.HI/c1-3-25-13-5-11-23-20(21)24-15-16-10-12-22-19(14-16)27-18-8-6-17(7-9-18)26-4-2;/h6-10,12,14H,3-5,11,13,15H2,1-2H3,(H3,21,23,24);1H. The normalized spacial score (nSPS) is 10.9. The maximum atomic E-state index is 5.88. The van der Waals surface area contributed by atoms with E-state index in [9.17, 15) is 0 Å². The van der Waals surface area contributed by atoms with Crippen LogP contribution in [0.4, 0.5) is 0 Å². The third kappa shape index (κ3) is 9.23. The largest absolute Gasteiger partial charge is 0.494 e. The number of pyridine rings is 1. The summed E-state index contributed by atoms with van der Waals surface area (Å²) in [5.74, 6) is 2.43. The number of nitrogens with one attached hydrogen (secondary N) is 1. The smallest absolute Gasteiger partial charge is 0.219 e. The Hall–Kier alpha value is -2.07. The van der Waals surface area contributed by atoms with Gasteiger partial charge in [-0.2, -0.15) is 0 Å². The number of rotatable bonds is 11. The third-order valence-corrected chi connectivity index (χ3v) is 3.56. The summed E-state index contributed by atoms with van der Waals surface area (Å²) < 4.78 is 16.5. The van der Waals surface area contributed by atoms with Gasteiger partial charge in [0.15, 0.2) is 5.96 Å². The van der Waals surface area contributed by atoms with Gasteiger partial charge < -0.3 is 25.3 Å². The van der Waals surface area contributed by atoms with E-state index in [2.05, 4.69) is 15.3 Å². The molecular formula is C20H29IN4O3. The number of guanidine groups is 1. The predicted octanol–water partition coefficient (Wildman–Crippen LogP) is 3.72. The fourth-order valence-corrected chi connectivity index (χ4v) is 2.26. The summed E-state index contributed by atoms with van der Waals surface area (Å²) in [6.07, 6.45) is 2.58. The summed E-state index contributed by atoms with van der Waals surface area (Å²) in [4.78, 5) is 8.57. The molecule has 1 aromatic heterocycles. The highest BCUT2D eigenvalue weighted by Gasteiger charge is 2.02. The second-order valence-corrected chi connectivity index (χ2v) is 5.69. The Kier molecular flexibility index (Phi) is 12.0. The van der Waals surface area contributed by atoms with Gasteiger partial charge in [0, 0.05) is 32.0 Å². The molecule has 0 saturated heterocycles. The molecule has 2 rings (SSSR count). The Labute approximate surface area is 183 Å². The highest BCUT2D eigenvalue weighted by molar-refractivity contribution is 14.0. The summed E-state index contributed by atoms with van der Waals surface area (Å²) in [7, 11) is 0. The number of halogens is 1. The SMILES string of the molecule is CCOCCCNC(N)=NCc1ccnc(Oc2ccc(OCC)cc2)c1.I. The van der Waals surface area contributed by atoms with E-state index < -0.39 is 0 Å². The first-order valence-corrected chi connectivity index (χ1v) is 9.18. The Morgan fingerprint density at radius 1 is 1.11 bits per heavy atom. The predicted molar refractivity (Wildman–Crippen MR) is 122 cm³/mol. The van der Waals surface area contributed by atoms with Crippen LogP contribution in [-0.4, -0.2) is 37.3 Å². The zero-order valence-electron chi connectivity index (χ0n) is 16.4. The van der Waals surface area contributed by atoms with E-state index >= 15 is 0 Å². The van der Waals surface area contributed by atoms with Crippen molar-refractivity contribution in [3.63, 3.8) is 0 Å². The van der Waals surface area contributed by atoms with Crippen molar-refractivity contribution in [3.05, 3.63) is 48.2 Å². The van der Waals surface area contributed by atoms with Gasteiger partial charge in [-0.15, -0.1) is 24.0 Å². The van der Waals surface area contributed by atoms with E-state index in [1.54, 1.807) is 6.20 Å². The molecular weight excluding hydrogens is 471 g/mol. The molecule has 154 valence electrons. The van der Waals surface area contributed by atoms with E-state index in [1.807, 2.05) is 50.2 Å². The van der Waals surface area contributed by atoms with Gasteiger partial charge in [0.2, 0.25) is 5.88 Å². The third-order valence-electron chi connectivity index (χ3n) is 3.56. The molecule has 0 amide bonds. The number of nitrogens with two attached hydrogens (primary N) is 1. The van der Waals surface area contributed by atoms with Gasteiger partial charge in [0.25, 0.3) is 0 Å². The molecule has 0 aliphatic carbocycles. The number of aliphatic imine (C=N–C) groups is 1. The minimum Gasteiger partial charge on any atom is -0.494 e. The van der Waals surface area contributed by atoms with Gasteiger partial charge >= 0.3 is 0 Å². The second kappa shape index (κ2) is 14.0. The summed E-state index contributed by atoms with van der Waals surface area (Å²) in [6.45, 7) is 7.19. The lowest BCUT2D eigenvalue weighted by molar-refractivity contribution is 0.145. The highest BCUT2D eigenvalue weighted by atomic mass is 127. The Balaban J connectivity index is 0.00000392. The van der Waals surface area contributed by atoms with Crippen LogP contribution in [0.15, 0.2) is 47.6 Å². The van der Waals surface area contributed by atoms with Crippen molar-refractivity contribution < 1.29 is 14.2 Å². The summed E-state index contributed by atoms with van der Waals surface area (Å²) >= 11 is 0. The van der Waals surface area contributed by atoms with Crippen LogP contribution in [-0.2, 0) is 11.3 Å². The average molecular weight is 500 g/mol. The minimum atomic E-state index is 0. The van der Waals surface area contributed by atoms with E-state index in [0.29, 0.717) is 37.3 Å². The minimum absolute atomic E-state index is 0. The zero-order valence-corrected chi connectivity index (χ0v) is 18.7. The molecule has 0 atom stereocenters. The Morgan fingerprint density at radius 3 is 2.57 bits per heavy atom. The molecule has 0 saturated carbocycles. The van der Waals surface area contributed by atoms with Crippen LogP contribution in [0.25, 0.3) is 0 Å². The van der Waals surface area contributed by atoms with Crippen molar-refractivity contribution in [1.82, 2.24) is 10.3 Å². The molecule has 28 heavy (non-hydrogen) atoms. The van der Waals surface area contributed by atoms with Crippen LogP contribution in [0.3, 0.4) is 0 Å². The van der Waals surface area contributed by atoms with Crippen LogP contribution >= 0.6 is 24.0 Å². The van der Waals surface area contributed by atoms with Gasteiger partial charge in [0.1, 0.15) is 11.5 Å². The first kappa shape index (κ1) is 24.0. The van der Waals surface area contributed by atoms with E-state index in [4.69, 9.17) is 19.9 Å². The van der Waals surface area contributed by atoms with Gasteiger partial charge in [-0.05, 0) is 56.2 Å². The van der Waals surface area contributed by atoms with Crippen molar-refractivity contribution >= 4 is 29.9 Å². The van der Waals surface area contributed by atoms with E-state index in [0.717, 1.165) is 30.9 Å². The molecule has 1 aromatic carbocycles. The molecule has 0 aliphatic rings. The first-order valence-electron chi connectivity index (χ1n) is 9.18. The van der Waals surface area contributed by atoms with Crippen LogP contribution in [0.5, 0.6) is 17.4 Å². The van der Waals surface area contributed by atoms with Crippen molar-refractivity contribution in [2.45, 2.75) is 26.8 Å². The van der Waals surface area contributed by atoms with Crippen molar-refractivity contribution in [2.75, 3.05) is 26.4 Å². The topological polar surface area (TPSA) is 91.0 Å². The molecule has 8 heteroatoms.